The molecular formula is C12H15BrClNO2. The molecule has 0 radical (unpaired) electrons. The van der Waals surface area contributed by atoms with Crippen LogP contribution in [0.25, 0.3) is 0 Å². The number of phenolic OH excluding ortho intramolecular Hbond substituents is 1. The topological polar surface area (TPSA) is 55.5 Å². The molecule has 1 saturated heterocycles. The zero-order valence-electron chi connectivity index (χ0n) is 9.33. The van der Waals surface area contributed by atoms with Crippen molar-refractivity contribution >= 4 is 27.5 Å². The highest BCUT2D eigenvalue weighted by atomic mass is 79.9. The van der Waals surface area contributed by atoms with E-state index in [2.05, 4.69) is 15.9 Å². The lowest BCUT2D eigenvalue weighted by Gasteiger charge is -2.28. The molecule has 0 amide bonds. The molecule has 0 unspecified atom stereocenters. The van der Waals surface area contributed by atoms with Crippen LogP contribution in [0.2, 0.25) is 5.02 Å². The minimum atomic E-state index is -0.200. The van der Waals surface area contributed by atoms with Gasteiger partial charge in [-0.05, 0) is 46.8 Å². The molecule has 0 saturated carbocycles. The van der Waals surface area contributed by atoms with E-state index in [1.165, 1.54) is 0 Å². The minimum Gasteiger partial charge on any atom is -0.506 e. The molecule has 17 heavy (non-hydrogen) atoms. The summed E-state index contributed by atoms with van der Waals surface area (Å²) in [5, 5.41) is 10.6. The maximum absolute atomic E-state index is 10.0. The van der Waals surface area contributed by atoms with Crippen LogP contribution in [0, 0.1) is 5.92 Å². The van der Waals surface area contributed by atoms with Crippen LogP contribution in [0.5, 0.6) is 5.75 Å². The molecule has 0 aromatic heterocycles. The van der Waals surface area contributed by atoms with Crippen LogP contribution in [0.3, 0.4) is 0 Å². The second-order valence-corrected chi connectivity index (χ2v) is 5.59. The zero-order chi connectivity index (χ0) is 12.4. The van der Waals surface area contributed by atoms with Gasteiger partial charge in [-0.25, -0.2) is 0 Å². The van der Waals surface area contributed by atoms with Crippen molar-refractivity contribution in [2.45, 2.75) is 18.9 Å². The second kappa shape index (κ2) is 5.57. The monoisotopic (exact) mass is 319 g/mol. The van der Waals surface area contributed by atoms with Gasteiger partial charge in [-0.3, -0.25) is 0 Å². The normalized spacial score (nSPS) is 19.2. The first-order chi connectivity index (χ1) is 8.09. The van der Waals surface area contributed by atoms with Crippen LogP contribution in [0.15, 0.2) is 16.6 Å². The summed E-state index contributed by atoms with van der Waals surface area (Å²) in [6.07, 6.45) is 1.84. The molecule has 1 aromatic rings. The summed E-state index contributed by atoms with van der Waals surface area (Å²) >= 11 is 9.26. The molecule has 3 nitrogen and oxygen atoms in total. The number of hydrogen-bond donors (Lipinski definition) is 2. The van der Waals surface area contributed by atoms with Gasteiger partial charge in [0.1, 0.15) is 5.75 Å². The number of phenols is 1. The van der Waals surface area contributed by atoms with Crippen LogP contribution in [-0.4, -0.2) is 18.3 Å². The van der Waals surface area contributed by atoms with Crippen LogP contribution in [-0.2, 0) is 4.74 Å². The van der Waals surface area contributed by atoms with E-state index in [4.69, 9.17) is 22.1 Å². The van der Waals surface area contributed by atoms with Crippen molar-refractivity contribution in [1.29, 1.82) is 0 Å². The van der Waals surface area contributed by atoms with Crippen molar-refractivity contribution in [3.8, 4) is 5.75 Å². The van der Waals surface area contributed by atoms with Crippen molar-refractivity contribution in [1.82, 2.24) is 0 Å². The largest absolute Gasteiger partial charge is 0.506 e. The van der Waals surface area contributed by atoms with E-state index in [0.29, 0.717) is 21.0 Å². The molecule has 94 valence electrons. The average molecular weight is 321 g/mol. The summed E-state index contributed by atoms with van der Waals surface area (Å²) in [4.78, 5) is 0. The Kier molecular flexibility index (Phi) is 4.31. The lowest BCUT2D eigenvalue weighted by molar-refractivity contribution is 0.0581. The van der Waals surface area contributed by atoms with Gasteiger partial charge in [0, 0.05) is 29.8 Å². The van der Waals surface area contributed by atoms with Gasteiger partial charge in [-0.2, -0.15) is 0 Å². The van der Waals surface area contributed by atoms with Crippen molar-refractivity contribution in [3.63, 3.8) is 0 Å². The Morgan fingerprint density at radius 3 is 2.71 bits per heavy atom. The highest BCUT2D eigenvalue weighted by Crippen LogP contribution is 2.38. The summed E-state index contributed by atoms with van der Waals surface area (Å²) in [7, 11) is 0. The Labute approximate surface area is 114 Å². The van der Waals surface area contributed by atoms with E-state index in [1.807, 2.05) is 0 Å². The summed E-state index contributed by atoms with van der Waals surface area (Å²) in [6, 6.07) is 3.20. The molecule has 0 spiro atoms. The predicted molar refractivity (Wildman–Crippen MR) is 71.3 cm³/mol. The molecule has 1 fully saturated rings. The van der Waals surface area contributed by atoms with Crippen LogP contribution in [0.4, 0.5) is 0 Å². The maximum Gasteiger partial charge on any atom is 0.134 e. The third-order valence-corrected chi connectivity index (χ3v) is 4.01. The first kappa shape index (κ1) is 13.1. The SMILES string of the molecule is N[C@@H](c1cc(Cl)cc(Br)c1O)C1CCOCC1. The van der Waals surface area contributed by atoms with Gasteiger partial charge < -0.3 is 15.6 Å². The Hall–Kier alpha value is -0.290. The van der Waals surface area contributed by atoms with E-state index < -0.39 is 0 Å². The number of ether oxygens (including phenoxy) is 1. The molecule has 3 N–H and O–H groups in total. The number of benzene rings is 1. The number of rotatable bonds is 2. The molecule has 1 atom stereocenters. The number of hydrogen-bond acceptors (Lipinski definition) is 3. The standard InChI is InChI=1S/C12H15BrClNO2/c13-10-6-8(14)5-9(12(10)16)11(15)7-1-3-17-4-2-7/h5-7,11,16H,1-4,15H2/t11-/m1/s1. The molecule has 5 heteroatoms. The van der Waals surface area contributed by atoms with Crippen LogP contribution in [0.1, 0.15) is 24.4 Å². The molecule has 1 aliphatic heterocycles. The summed E-state index contributed by atoms with van der Waals surface area (Å²) in [5.74, 6) is 0.522. The molecular weight excluding hydrogens is 305 g/mol. The van der Waals surface area contributed by atoms with Gasteiger partial charge in [0.15, 0.2) is 0 Å². The highest BCUT2D eigenvalue weighted by Gasteiger charge is 2.25. The van der Waals surface area contributed by atoms with Gasteiger partial charge in [0.05, 0.1) is 4.47 Å². The second-order valence-electron chi connectivity index (χ2n) is 4.30. The molecule has 0 bridgehead atoms. The van der Waals surface area contributed by atoms with Crippen LogP contribution < -0.4 is 5.73 Å². The molecule has 1 aliphatic rings. The highest BCUT2D eigenvalue weighted by molar-refractivity contribution is 9.10. The fourth-order valence-electron chi connectivity index (χ4n) is 2.17. The van der Waals surface area contributed by atoms with E-state index in [9.17, 15) is 5.11 Å². The fraction of sp³-hybridized carbons (Fsp3) is 0.500. The van der Waals surface area contributed by atoms with Crippen molar-refractivity contribution in [2.75, 3.05) is 13.2 Å². The quantitative estimate of drug-likeness (QED) is 0.879. The van der Waals surface area contributed by atoms with Crippen molar-refractivity contribution in [2.24, 2.45) is 11.7 Å². The molecule has 1 heterocycles. The summed E-state index contributed by atoms with van der Waals surface area (Å²) in [6.45, 7) is 1.47. The van der Waals surface area contributed by atoms with Crippen molar-refractivity contribution in [3.05, 3.63) is 27.2 Å². The predicted octanol–water partition coefficient (Wildman–Crippen LogP) is 3.23. The molecule has 1 aromatic carbocycles. The fourth-order valence-corrected chi connectivity index (χ4v) is 3.00. The van der Waals surface area contributed by atoms with Crippen LogP contribution >= 0.6 is 27.5 Å². The average Bonchev–Trinajstić information content (AvgIpc) is 2.34. The number of aromatic hydroxyl groups is 1. The molecule has 0 aliphatic carbocycles. The Bertz CT molecular complexity index is 408. The third kappa shape index (κ3) is 2.94. The van der Waals surface area contributed by atoms with Gasteiger partial charge >= 0.3 is 0 Å². The van der Waals surface area contributed by atoms with Gasteiger partial charge in [-0.15, -0.1) is 0 Å². The number of halogens is 2. The maximum atomic E-state index is 10.0. The summed E-state index contributed by atoms with van der Waals surface area (Å²) < 4.78 is 5.90. The smallest absolute Gasteiger partial charge is 0.134 e. The van der Waals surface area contributed by atoms with E-state index >= 15 is 0 Å². The molecule has 2 rings (SSSR count). The van der Waals surface area contributed by atoms with Gasteiger partial charge in [0.2, 0.25) is 0 Å². The lowest BCUT2D eigenvalue weighted by atomic mass is 9.87. The Balaban J connectivity index is 2.26. The van der Waals surface area contributed by atoms with Crippen molar-refractivity contribution < 1.29 is 9.84 Å². The first-order valence-corrected chi connectivity index (χ1v) is 6.78. The Morgan fingerprint density at radius 1 is 1.41 bits per heavy atom. The first-order valence-electron chi connectivity index (χ1n) is 5.61. The van der Waals surface area contributed by atoms with E-state index in [-0.39, 0.29) is 11.8 Å². The Morgan fingerprint density at radius 2 is 2.06 bits per heavy atom. The third-order valence-electron chi connectivity index (χ3n) is 3.19. The van der Waals surface area contributed by atoms with Gasteiger partial charge in [-0.1, -0.05) is 11.6 Å². The van der Waals surface area contributed by atoms with E-state index in [0.717, 1.165) is 26.1 Å². The summed E-state index contributed by atoms with van der Waals surface area (Å²) in [5.41, 5.74) is 6.92. The van der Waals surface area contributed by atoms with E-state index in [1.54, 1.807) is 12.1 Å². The van der Waals surface area contributed by atoms with Gasteiger partial charge in [0.25, 0.3) is 0 Å². The lowest BCUT2D eigenvalue weighted by Crippen LogP contribution is -2.27. The number of nitrogens with two attached hydrogens (primary N) is 1. The minimum absolute atomic E-state index is 0.188. The zero-order valence-corrected chi connectivity index (χ0v) is 11.7.